The van der Waals surface area contributed by atoms with Gasteiger partial charge in [0, 0.05) is 65.7 Å². The molecule has 6 aromatic heterocycles. The molecule has 8 atom stereocenters. The predicted octanol–water partition coefficient (Wildman–Crippen LogP) is 3.62. The third-order valence-electron chi connectivity index (χ3n) is 12.3. The number of ketones is 3. The lowest BCUT2D eigenvalue weighted by molar-refractivity contribution is -0.181. The van der Waals surface area contributed by atoms with Gasteiger partial charge in [0.25, 0.3) is 0 Å². The molecule has 20 nitrogen and oxygen atoms in total. The number of likely N-dealkylation sites (tertiary alicyclic amines) is 1. The third kappa shape index (κ3) is 8.47. The molecule has 360 valence electrons. The topological polar surface area (TPSA) is 262 Å². The van der Waals surface area contributed by atoms with Crippen molar-refractivity contribution in [1.82, 2.24) is 38.5 Å². The van der Waals surface area contributed by atoms with E-state index >= 15 is 0 Å². The molecule has 0 unspecified atom stereocenters. The minimum atomic E-state index is -1.26. The van der Waals surface area contributed by atoms with Crippen LogP contribution in [0.1, 0.15) is 74.3 Å². The second-order valence-electron chi connectivity index (χ2n) is 16.7. The summed E-state index contributed by atoms with van der Waals surface area (Å²) in [7, 11) is 0. The molecule has 3 aliphatic heterocycles. The molecule has 9 heterocycles. The van der Waals surface area contributed by atoms with E-state index in [1.165, 1.54) is 67.2 Å². The highest BCUT2D eigenvalue weighted by Crippen LogP contribution is 2.52. The average molecular weight is 989 g/mol. The first kappa shape index (κ1) is 48.8. The smallest absolute Gasteiger partial charge is 0.397 e. The van der Waals surface area contributed by atoms with Gasteiger partial charge in [0.05, 0.1) is 45.9 Å². The molecular weight excluding hydrogens is 945 g/mol. The van der Waals surface area contributed by atoms with E-state index in [2.05, 4.69) is 33.1 Å². The minimum absolute atomic E-state index is 0.0103. The summed E-state index contributed by atoms with van der Waals surface area (Å²) < 4.78 is 13.3. The Balaban J connectivity index is 0.000000188. The summed E-state index contributed by atoms with van der Waals surface area (Å²) in [6.45, 7) is 13.2. The summed E-state index contributed by atoms with van der Waals surface area (Å²) in [6.07, 6.45) is 13.0. The number of fused-ring (bicyclic) bond motifs is 3. The number of Topliss-reactive ketones (excluding diaryl/α,β-unsaturated/α-hetero) is 1. The Bertz CT molecular complexity index is 3150. The Morgan fingerprint density at radius 3 is 1.89 bits per heavy atom. The normalized spacial score (nSPS) is 20.6. The zero-order valence-electron chi connectivity index (χ0n) is 37.9. The number of ether oxygens (including phenoxy) is 2. The van der Waals surface area contributed by atoms with Gasteiger partial charge in [0.1, 0.15) is 52.6 Å². The number of nitrogens with zero attached hydrogens (tertiary/aromatic N) is 8. The molecule has 6 aromatic rings. The van der Waals surface area contributed by atoms with Gasteiger partial charge in [-0.25, -0.2) is 19.6 Å². The first-order valence-corrected chi connectivity index (χ1v) is 23.4. The van der Waals surface area contributed by atoms with Crippen LogP contribution >= 0.6 is 22.7 Å². The summed E-state index contributed by atoms with van der Waals surface area (Å²) in [5, 5.41) is 20.3. The number of β-lactam (4-membered cyclic amide) rings is 2. The molecule has 0 radical (unpaired) electrons. The molecule has 2 fully saturated rings. The maximum absolute atomic E-state index is 13.4. The van der Waals surface area contributed by atoms with Gasteiger partial charge in [-0.1, -0.05) is 39.2 Å². The van der Waals surface area contributed by atoms with Gasteiger partial charge in [0.15, 0.2) is 5.78 Å². The van der Waals surface area contributed by atoms with Crippen LogP contribution in [0.3, 0.4) is 0 Å². The van der Waals surface area contributed by atoms with Crippen LogP contribution in [0.25, 0.3) is 15.2 Å². The van der Waals surface area contributed by atoms with Crippen LogP contribution in [0.4, 0.5) is 0 Å². The second-order valence-corrected chi connectivity index (χ2v) is 18.7. The molecule has 0 spiro atoms. The number of pyridine rings is 2. The number of imidazole rings is 2. The number of imide groups is 1. The van der Waals surface area contributed by atoms with Crippen LogP contribution in [0.5, 0.6) is 0 Å². The number of amides is 3. The first-order chi connectivity index (χ1) is 33.5. The molecule has 2 saturated heterocycles. The summed E-state index contributed by atoms with van der Waals surface area (Å²) in [4.78, 5) is 123. The number of esters is 2. The Morgan fingerprint density at radius 2 is 1.34 bits per heavy atom. The molecular formula is C48H44N8O12S2. The lowest BCUT2D eigenvalue weighted by Crippen LogP contribution is -2.70. The van der Waals surface area contributed by atoms with Crippen molar-refractivity contribution in [1.29, 1.82) is 0 Å². The van der Waals surface area contributed by atoms with Crippen molar-refractivity contribution < 1.29 is 58.0 Å². The van der Waals surface area contributed by atoms with Crippen molar-refractivity contribution in [3.05, 3.63) is 137 Å². The maximum Gasteiger partial charge on any atom is 0.397 e. The van der Waals surface area contributed by atoms with Crippen LogP contribution in [-0.2, 0) is 33.4 Å². The van der Waals surface area contributed by atoms with Crippen molar-refractivity contribution in [2.24, 2.45) is 23.7 Å². The predicted molar refractivity (Wildman–Crippen MR) is 250 cm³/mol. The number of hydrogen-bond acceptors (Lipinski definition) is 18. The van der Waals surface area contributed by atoms with Gasteiger partial charge < -0.3 is 24.6 Å². The first-order valence-electron chi connectivity index (χ1n) is 21.8. The molecule has 70 heavy (non-hydrogen) atoms. The molecule has 3 amide bonds. The number of thiazole rings is 2. The summed E-state index contributed by atoms with van der Waals surface area (Å²) in [5.74, 6) is -8.00. The summed E-state index contributed by atoms with van der Waals surface area (Å²) in [6, 6.07) is 5.21. The van der Waals surface area contributed by atoms with E-state index in [4.69, 9.17) is 9.47 Å². The van der Waals surface area contributed by atoms with E-state index in [-0.39, 0.29) is 64.6 Å². The van der Waals surface area contributed by atoms with Crippen LogP contribution in [-0.4, -0.2) is 133 Å². The van der Waals surface area contributed by atoms with Gasteiger partial charge in [-0.2, -0.15) is 0 Å². The quantitative estimate of drug-likeness (QED) is 0.0489. The highest BCUT2D eigenvalue weighted by molar-refractivity contribution is 7.19. The van der Waals surface area contributed by atoms with Crippen LogP contribution in [0, 0.1) is 23.7 Å². The number of hydrogen-bond donors (Lipinski definition) is 2. The Kier molecular flexibility index (Phi) is 13.8. The van der Waals surface area contributed by atoms with E-state index in [1.807, 2.05) is 6.92 Å². The Labute approximate surface area is 406 Å². The van der Waals surface area contributed by atoms with Crippen molar-refractivity contribution in [3.8, 4) is 0 Å². The van der Waals surface area contributed by atoms with Gasteiger partial charge in [0.2, 0.25) is 23.4 Å². The monoisotopic (exact) mass is 988 g/mol. The lowest BCUT2D eigenvalue weighted by atomic mass is 9.75. The molecule has 2 N–H and O–H groups in total. The molecule has 22 heteroatoms. The average Bonchev–Trinajstić information content (AvgIpc) is 4.18. The standard InChI is InChI=1S/C24H22N4O7S.C24H22N4O5S/c1-4-8-35-24(34)22(33)28-18(16(13(3)29)21(28)32)12(2)19(30)15-10-27-11-26-17(23(27)36-15)20(31)14-6-5-7-25-9-14;1-4-8-33-24(32)20-16(12(2)19-17(13(3)29)22(31)28(19)20)15-10-27-11-26-18(23(27)34-15)21(30)14-6-5-7-25-9-14/h4-7,9-13,16,18,29H,1,8H2,2-3H3;4-7,9-13,17,19,29H,1,8H2,2-3H3/t12-,13-,16-,18-;12-,13+,17+,19+/m10/s1. The van der Waals surface area contributed by atoms with Gasteiger partial charge in [-0.15, -0.1) is 22.7 Å². The third-order valence-corrected chi connectivity index (χ3v) is 14.5. The van der Waals surface area contributed by atoms with Crippen LogP contribution < -0.4 is 0 Å². The van der Waals surface area contributed by atoms with Gasteiger partial charge in [-0.05, 0) is 38.1 Å². The molecule has 0 aliphatic carbocycles. The summed E-state index contributed by atoms with van der Waals surface area (Å²) >= 11 is 2.35. The zero-order valence-corrected chi connectivity index (χ0v) is 39.5. The number of carbonyl (C=O) groups is 8. The fourth-order valence-corrected chi connectivity index (χ4v) is 11.3. The largest absolute Gasteiger partial charge is 0.457 e. The van der Waals surface area contributed by atoms with E-state index in [9.17, 15) is 48.6 Å². The molecule has 0 aromatic carbocycles. The highest BCUT2D eigenvalue weighted by Gasteiger charge is 2.61. The maximum atomic E-state index is 13.4. The fraction of sp³-hybridized carbons (Fsp3) is 0.292. The lowest BCUT2D eigenvalue weighted by Gasteiger charge is -2.48. The molecule has 0 saturated carbocycles. The molecule has 0 bridgehead atoms. The van der Waals surface area contributed by atoms with Crippen molar-refractivity contribution in [3.63, 3.8) is 0 Å². The number of carbonyl (C=O) groups excluding carboxylic acids is 8. The van der Waals surface area contributed by atoms with Crippen molar-refractivity contribution >= 4 is 84.9 Å². The summed E-state index contributed by atoms with van der Waals surface area (Å²) in [5.41, 5.74) is 2.05. The highest BCUT2D eigenvalue weighted by atomic mass is 32.1. The fourth-order valence-electron chi connectivity index (χ4n) is 8.97. The Hall–Kier alpha value is -7.66. The number of aliphatic hydroxyl groups excluding tert-OH is 2. The second kappa shape index (κ2) is 19.7. The minimum Gasteiger partial charge on any atom is -0.457 e. The van der Waals surface area contributed by atoms with Gasteiger partial charge >= 0.3 is 17.8 Å². The van der Waals surface area contributed by atoms with Crippen LogP contribution in [0.15, 0.2) is 105 Å². The van der Waals surface area contributed by atoms with Gasteiger partial charge in [-0.3, -0.25) is 52.4 Å². The number of aromatic nitrogens is 6. The van der Waals surface area contributed by atoms with Crippen molar-refractivity contribution in [2.75, 3.05) is 13.2 Å². The SMILES string of the molecule is C=CCOC(=O)C(=O)N1C(=O)[C@H]([C@@H](C)O)[C@H]1[C@@H](C)C(=O)c1cn2cnc(C(=O)c3cccnc3)c2s1.C=CCOC(=O)C1=C(c2cn3cnc(C(=O)c4cccnc4)c3s2)[C@H](C)[C@@H]2[C@@H]([C@@H](C)O)C(=O)N12. The molecule has 9 rings (SSSR count). The zero-order chi connectivity index (χ0) is 50.3. The van der Waals surface area contributed by atoms with Crippen molar-refractivity contribution in [2.45, 2.75) is 52.0 Å². The number of rotatable bonds is 15. The Morgan fingerprint density at radius 1 is 0.786 bits per heavy atom. The molecule has 3 aliphatic rings. The van der Waals surface area contributed by atoms with E-state index in [0.717, 1.165) is 16.2 Å². The van der Waals surface area contributed by atoms with E-state index in [1.54, 1.807) is 64.9 Å². The van der Waals surface area contributed by atoms with E-state index < -0.39 is 65.5 Å². The van der Waals surface area contributed by atoms with Crippen LogP contribution in [0.2, 0.25) is 0 Å². The van der Waals surface area contributed by atoms with E-state index in [0.29, 0.717) is 31.3 Å². The number of aliphatic hydroxyl groups is 2.